The minimum Gasteiger partial charge on any atom is -0.486 e. The van der Waals surface area contributed by atoms with Crippen LogP contribution in [0.1, 0.15) is 23.7 Å². The van der Waals surface area contributed by atoms with E-state index in [4.69, 9.17) is 14.2 Å². The van der Waals surface area contributed by atoms with Gasteiger partial charge in [0.25, 0.3) is 0 Å². The summed E-state index contributed by atoms with van der Waals surface area (Å²) in [7, 11) is 0. The second-order valence-electron chi connectivity index (χ2n) is 6.18. The molecule has 0 saturated carbocycles. The number of benzene rings is 1. The van der Waals surface area contributed by atoms with Gasteiger partial charge in [-0.15, -0.1) is 0 Å². The Morgan fingerprint density at radius 3 is 2.88 bits per heavy atom. The topological polar surface area (TPSA) is 66.8 Å². The summed E-state index contributed by atoms with van der Waals surface area (Å²) in [6.45, 7) is 2.52. The zero-order chi connectivity index (χ0) is 17.8. The van der Waals surface area contributed by atoms with E-state index >= 15 is 0 Å². The Kier molecular flexibility index (Phi) is 3.54. The predicted molar refractivity (Wildman–Crippen MR) is 83.0 cm³/mol. The van der Waals surface area contributed by atoms with Crippen LogP contribution in [0, 0.1) is 11.6 Å². The molecule has 0 amide bonds. The number of fused-ring (bicyclic) bond motifs is 1. The van der Waals surface area contributed by atoms with Crippen LogP contribution in [-0.4, -0.2) is 37.0 Å². The van der Waals surface area contributed by atoms with E-state index in [1.807, 2.05) is 0 Å². The number of carbonyl (C=O) groups excluding carboxylic acids is 1. The number of hydrogen-bond acceptors (Lipinski definition) is 5. The number of halogens is 2. The van der Waals surface area contributed by atoms with Crippen LogP contribution in [0.3, 0.4) is 0 Å². The summed E-state index contributed by atoms with van der Waals surface area (Å²) in [5, 5.41) is -0.120. The van der Waals surface area contributed by atoms with Crippen molar-refractivity contribution in [2.24, 2.45) is 0 Å². The van der Waals surface area contributed by atoms with Crippen molar-refractivity contribution in [2.75, 3.05) is 26.4 Å². The Labute approximate surface area is 140 Å². The molecule has 1 aromatic carbocycles. The summed E-state index contributed by atoms with van der Waals surface area (Å²) in [6.07, 6.45) is 1.91. The first-order valence-corrected chi connectivity index (χ1v) is 7.94. The lowest BCUT2D eigenvalue weighted by Crippen LogP contribution is -2.44. The lowest BCUT2D eigenvalue weighted by molar-refractivity contribution is 0.0521. The van der Waals surface area contributed by atoms with E-state index in [0.717, 1.165) is 6.07 Å². The summed E-state index contributed by atoms with van der Waals surface area (Å²) in [5.41, 5.74) is -1.48. The first-order chi connectivity index (χ1) is 12.0. The highest BCUT2D eigenvalue weighted by Crippen LogP contribution is 2.41. The molecular weight excluding hydrogens is 336 g/mol. The largest absolute Gasteiger partial charge is 0.486 e. The van der Waals surface area contributed by atoms with Crippen molar-refractivity contribution in [1.29, 1.82) is 0 Å². The maximum absolute atomic E-state index is 14.2. The van der Waals surface area contributed by atoms with Crippen molar-refractivity contribution >= 4 is 16.9 Å². The smallest absolute Gasteiger partial charge is 0.343 e. The third-order valence-corrected chi connectivity index (χ3v) is 4.71. The van der Waals surface area contributed by atoms with Gasteiger partial charge in [-0.2, -0.15) is 4.39 Å². The van der Waals surface area contributed by atoms with Crippen molar-refractivity contribution in [2.45, 2.75) is 18.9 Å². The molecule has 132 valence electrons. The van der Waals surface area contributed by atoms with Crippen molar-refractivity contribution in [3.8, 4) is 5.75 Å². The van der Waals surface area contributed by atoms with Crippen molar-refractivity contribution in [1.82, 2.24) is 4.57 Å². The molecule has 1 fully saturated rings. The van der Waals surface area contributed by atoms with E-state index in [1.54, 1.807) is 11.5 Å². The Morgan fingerprint density at radius 2 is 2.20 bits per heavy atom. The van der Waals surface area contributed by atoms with Gasteiger partial charge < -0.3 is 18.8 Å². The lowest BCUT2D eigenvalue weighted by atomic mass is 9.95. The first kappa shape index (κ1) is 16.0. The molecule has 8 heteroatoms. The van der Waals surface area contributed by atoms with Crippen LogP contribution in [0.25, 0.3) is 10.9 Å². The molecule has 1 aromatic heterocycles. The number of aromatic nitrogens is 1. The van der Waals surface area contributed by atoms with Crippen LogP contribution < -0.4 is 10.2 Å². The molecule has 1 saturated heterocycles. The fourth-order valence-electron chi connectivity index (χ4n) is 3.44. The van der Waals surface area contributed by atoms with Crippen LogP contribution >= 0.6 is 0 Å². The van der Waals surface area contributed by atoms with Gasteiger partial charge >= 0.3 is 5.97 Å². The summed E-state index contributed by atoms with van der Waals surface area (Å²) in [5.74, 6) is -3.48. The quantitative estimate of drug-likeness (QED) is 0.774. The highest BCUT2D eigenvalue weighted by molar-refractivity contribution is 5.95. The Hall–Kier alpha value is -2.48. The normalized spacial score (nSPS) is 21.6. The molecular formula is C17H15F2NO5. The predicted octanol–water partition coefficient (Wildman–Crippen LogP) is 1.96. The Bertz CT molecular complexity index is 946. The molecule has 2 aliphatic rings. The summed E-state index contributed by atoms with van der Waals surface area (Å²) >= 11 is 0. The van der Waals surface area contributed by atoms with Crippen LogP contribution in [0.15, 0.2) is 17.1 Å². The molecule has 25 heavy (non-hydrogen) atoms. The Balaban J connectivity index is 2.10. The Morgan fingerprint density at radius 1 is 1.40 bits per heavy atom. The molecule has 0 bridgehead atoms. The van der Waals surface area contributed by atoms with Gasteiger partial charge in [-0.05, 0) is 19.4 Å². The van der Waals surface area contributed by atoms with Gasteiger partial charge in [-0.25, -0.2) is 9.18 Å². The highest BCUT2D eigenvalue weighted by atomic mass is 19.2. The van der Waals surface area contributed by atoms with Gasteiger partial charge in [0, 0.05) is 12.8 Å². The molecule has 2 aliphatic heterocycles. The third kappa shape index (κ3) is 2.17. The zero-order valence-corrected chi connectivity index (χ0v) is 13.4. The van der Waals surface area contributed by atoms with Gasteiger partial charge in [0.05, 0.1) is 24.1 Å². The van der Waals surface area contributed by atoms with Crippen molar-refractivity contribution in [3.63, 3.8) is 0 Å². The van der Waals surface area contributed by atoms with Crippen LogP contribution in [0.4, 0.5) is 8.78 Å². The van der Waals surface area contributed by atoms with E-state index in [1.165, 1.54) is 6.20 Å². The molecule has 2 aromatic rings. The standard InChI is InChI=1S/C17H15F2NO5/c1-2-24-16(22)10-6-20-13-9(14(10)21)5-11(18)12(19)15(13)25-8-17(20)3-4-23-7-17/h5-6H,2-4,7-8H2,1H3. The van der Waals surface area contributed by atoms with E-state index in [2.05, 4.69) is 0 Å². The summed E-state index contributed by atoms with van der Waals surface area (Å²) < 4.78 is 45.6. The molecule has 0 radical (unpaired) electrons. The average molecular weight is 351 g/mol. The summed E-state index contributed by atoms with van der Waals surface area (Å²) in [4.78, 5) is 24.8. The minimum atomic E-state index is -1.20. The van der Waals surface area contributed by atoms with E-state index in [9.17, 15) is 18.4 Å². The molecule has 6 nitrogen and oxygen atoms in total. The van der Waals surface area contributed by atoms with Crippen LogP contribution in [-0.2, 0) is 15.0 Å². The molecule has 4 rings (SSSR count). The second kappa shape index (κ2) is 5.52. The summed E-state index contributed by atoms with van der Waals surface area (Å²) in [6, 6.07) is 0.800. The second-order valence-corrected chi connectivity index (χ2v) is 6.18. The number of esters is 1. The number of pyridine rings is 1. The third-order valence-electron chi connectivity index (χ3n) is 4.71. The first-order valence-electron chi connectivity index (χ1n) is 7.94. The van der Waals surface area contributed by atoms with Gasteiger partial charge in [0.2, 0.25) is 11.2 Å². The van der Waals surface area contributed by atoms with Gasteiger partial charge in [0.15, 0.2) is 11.6 Å². The van der Waals surface area contributed by atoms with Crippen molar-refractivity contribution in [3.05, 3.63) is 39.7 Å². The van der Waals surface area contributed by atoms with Crippen LogP contribution in [0.2, 0.25) is 0 Å². The number of rotatable bonds is 2. The van der Waals surface area contributed by atoms with Gasteiger partial charge in [0.1, 0.15) is 17.7 Å². The molecule has 3 heterocycles. The minimum absolute atomic E-state index is 0.0562. The SMILES string of the molecule is CCOC(=O)c1cn2c3c(c(F)c(F)cc3c1=O)OCC21CCOC1. The molecule has 0 N–H and O–H groups in total. The maximum atomic E-state index is 14.2. The van der Waals surface area contributed by atoms with Gasteiger partial charge in [-0.1, -0.05) is 0 Å². The fraction of sp³-hybridized carbons (Fsp3) is 0.412. The number of nitrogens with zero attached hydrogens (tertiary/aromatic N) is 1. The maximum Gasteiger partial charge on any atom is 0.343 e. The molecule has 0 aliphatic carbocycles. The average Bonchev–Trinajstić information content (AvgIpc) is 3.05. The monoisotopic (exact) mass is 351 g/mol. The fourth-order valence-corrected chi connectivity index (χ4v) is 3.44. The lowest BCUT2D eigenvalue weighted by Gasteiger charge is -2.37. The van der Waals surface area contributed by atoms with E-state index in [0.29, 0.717) is 13.0 Å². The number of hydrogen-bond donors (Lipinski definition) is 0. The molecule has 1 atom stereocenters. The number of ether oxygens (including phenoxy) is 3. The van der Waals surface area contributed by atoms with E-state index in [-0.39, 0.29) is 42.0 Å². The van der Waals surface area contributed by atoms with Crippen molar-refractivity contribution < 1.29 is 27.8 Å². The molecule has 1 unspecified atom stereocenters. The highest BCUT2D eigenvalue weighted by Gasteiger charge is 2.43. The van der Waals surface area contributed by atoms with Crippen LogP contribution in [0.5, 0.6) is 5.75 Å². The molecule has 1 spiro atoms. The van der Waals surface area contributed by atoms with Gasteiger partial charge in [-0.3, -0.25) is 4.79 Å². The number of carbonyl (C=O) groups is 1. The zero-order valence-electron chi connectivity index (χ0n) is 13.4. The van der Waals surface area contributed by atoms with E-state index < -0.39 is 28.6 Å².